The van der Waals surface area contributed by atoms with Gasteiger partial charge in [-0.1, -0.05) is 30.3 Å². The van der Waals surface area contributed by atoms with Gasteiger partial charge in [0.15, 0.2) is 0 Å². The van der Waals surface area contributed by atoms with Crippen LogP contribution in [-0.2, 0) is 17.7 Å². The third-order valence-electron chi connectivity index (χ3n) is 4.57. The van der Waals surface area contributed by atoms with Gasteiger partial charge in [0, 0.05) is 23.6 Å². The fourth-order valence-corrected chi connectivity index (χ4v) is 3.47. The molecule has 8 nitrogen and oxygen atoms in total. The molecule has 114 valence electrons. The maximum Gasteiger partial charge on any atom is 0.263 e. The molecule has 1 aromatic carbocycles. The molecule has 1 aliphatic carbocycles. The molecule has 1 aliphatic heterocycles. The van der Waals surface area contributed by atoms with Gasteiger partial charge < -0.3 is 15.5 Å². The average molecular weight is 302 g/mol. The first-order chi connectivity index (χ1) is 10.5. The molecule has 2 atom stereocenters. The van der Waals surface area contributed by atoms with Crippen molar-refractivity contribution in [3.63, 3.8) is 0 Å². The molecule has 0 unspecified atom stereocenters. The number of nitrogens with zero attached hydrogens (tertiary/aromatic N) is 3. The second-order valence-electron chi connectivity index (χ2n) is 5.79. The van der Waals surface area contributed by atoms with Crippen molar-refractivity contribution in [2.75, 3.05) is 0 Å². The van der Waals surface area contributed by atoms with E-state index in [0.717, 1.165) is 0 Å². The first kappa shape index (κ1) is 13.2. The van der Waals surface area contributed by atoms with Crippen LogP contribution in [0.3, 0.4) is 0 Å². The highest BCUT2D eigenvalue weighted by atomic mass is 16.8. The Morgan fingerprint density at radius 3 is 2.68 bits per heavy atom. The number of benzene rings is 1. The van der Waals surface area contributed by atoms with Crippen LogP contribution < -0.4 is 10.6 Å². The Balaban J connectivity index is 1.90. The van der Waals surface area contributed by atoms with Gasteiger partial charge in [-0.15, -0.1) is 0 Å². The molecule has 22 heavy (non-hydrogen) atoms. The standard InChI is InChI=1S/C14H14N4O4/c15-14(9-4-2-1-3-5-9)8-13(19)11(17(14)20)7-6-10-12(13)16-22-18(10)21/h1-5,19H,6-8,15H2/t13-,14-/m1/s1. The number of hydroxylamine groups is 1. The zero-order valence-corrected chi connectivity index (χ0v) is 11.6. The summed E-state index contributed by atoms with van der Waals surface area (Å²) in [5.74, 6) is 0. The van der Waals surface area contributed by atoms with Gasteiger partial charge in [-0.3, -0.25) is 10.4 Å². The highest BCUT2D eigenvalue weighted by molar-refractivity contribution is 5.92. The van der Waals surface area contributed by atoms with E-state index in [1.54, 1.807) is 24.3 Å². The summed E-state index contributed by atoms with van der Waals surface area (Å²) < 4.78 is 5.24. The molecule has 3 N–H and O–H groups in total. The second-order valence-corrected chi connectivity index (χ2v) is 5.79. The van der Waals surface area contributed by atoms with Crippen LogP contribution in [0.4, 0.5) is 0 Å². The van der Waals surface area contributed by atoms with Gasteiger partial charge in [0.1, 0.15) is 0 Å². The Morgan fingerprint density at radius 1 is 1.23 bits per heavy atom. The number of aromatic nitrogens is 2. The molecule has 1 aromatic heterocycles. The van der Waals surface area contributed by atoms with Crippen molar-refractivity contribution in [3.8, 4) is 0 Å². The molecule has 2 aromatic rings. The largest absolute Gasteiger partial charge is 0.622 e. The van der Waals surface area contributed by atoms with Crippen LogP contribution in [0, 0.1) is 10.4 Å². The molecule has 0 spiro atoms. The van der Waals surface area contributed by atoms with Crippen molar-refractivity contribution in [2.45, 2.75) is 30.5 Å². The normalized spacial score (nSPS) is 30.3. The Morgan fingerprint density at radius 2 is 1.95 bits per heavy atom. The van der Waals surface area contributed by atoms with Gasteiger partial charge in [0.2, 0.25) is 17.0 Å². The van der Waals surface area contributed by atoms with E-state index >= 15 is 0 Å². The lowest BCUT2D eigenvalue weighted by atomic mass is 9.80. The van der Waals surface area contributed by atoms with Crippen LogP contribution in [0.1, 0.15) is 29.8 Å². The van der Waals surface area contributed by atoms with E-state index in [1.165, 1.54) is 0 Å². The third-order valence-corrected chi connectivity index (χ3v) is 4.57. The summed E-state index contributed by atoms with van der Waals surface area (Å²) in [6.07, 6.45) is 0.439. The van der Waals surface area contributed by atoms with E-state index in [4.69, 9.17) is 5.73 Å². The maximum atomic E-state index is 12.7. The molecule has 2 heterocycles. The molecule has 4 rings (SSSR count). The Hall–Kier alpha value is -2.45. The monoisotopic (exact) mass is 302 g/mol. The highest BCUT2D eigenvalue weighted by Crippen LogP contribution is 2.45. The van der Waals surface area contributed by atoms with Gasteiger partial charge in [0.05, 0.1) is 6.42 Å². The Kier molecular flexibility index (Phi) is 2.44. The first-order valence-corrected chi connectivity index (χ1v) is 6.96. The molecule has 0 fully saturated rings. The lowest BCUT2D eigenvalue weighted by Crippen LogP contribution is -2.44. The molecule has 0 saturated heterocycles. The molecular formula is C14H14N4O4. The average Bonchev–Trinajstić information content (AvgIpc) is 2.99. The lowest BCUT2D eigenvalue weighted by molar-refractivity contribution is -0.808. The summed E-state index contributed by atoms with van der Waals surface area (Å²) in [4.78, 5) is 0.276. The lowest BCUT2D eigenvalue weighted by Gasteiger charge is -2.24. The van der Waals surface area contributed by atoms with Crippen molar-refractivity contribution in [2.24, 2.45) is 5.73 Å². The van der Waals surface area contributed by atoms with Crippen molar-refractivity contribution in [1.29, 1.82) is 0 Å². The number of rotatable bonds is 1. The summed E-state index contributed by atoms with van der Waals surface area (Å²) in [7, 11) is 0. The predicted molar refractivity (Wildman–Crippen MR) is 73.2 cm³/mol. The van der Waals surface area contributed by atoms with Gasteiger partial charge in [-0.2, -0.15) is 4.74 Å². The molecule has 2 aliphatic rings. The van der Waals surface area contributed by atoms with E-state index in [2.05, 4.69) is 9.79 Å². The zero-order chi connectivity index (χ0) is 15.5. The summed E-state index contributed by atoms with van der Waals surface area (Å²) in [6.45, 7) is 0. The van der Waals surface area contributed by atoms with E-state index in [9.17, 15) is 15.5 Å². The van der Waals surface area contributed by atoms with Crippen molar-refractivity contribution >= 4 is 5.71 Å². The molecule has 0 amide bonds. The molecule has 0 bridgehead atoms. The number of hydrogen-bond acceptors (Lipinski definition) is 6. The van der Waals surface area contributed by atoms with E-state index in [0.29, 0.717) is 10.3 Å². The van der Waals surface area contributed by atoms with Crippen LogP contribution >= 0.6 is 0 Å². The van der Waals surface area contributed by atoms with Crippen molar-refractivity contribution < 1.29 is 19.4 Å². The number of nitrogens with two attached hydrogens (primary N) is 1. The smallest absolute Gasteiger partial charge is 0.263 e. The minimum Gasteiger partial charge on any atom is -0.622 e. The maximum absolute atomic E-state index is 12.7. The van der Waals surface area contributed by atoms with Crippen LogP contribution in [0.2, 0.25) is 0 Å². The highest BCUT2D eigenvalue weighted by Gasteiger charge is 2.64. The predicted octanol–water partition coefficient (Wildman–Crippen LogP) is -0.391. The Bertz CT molecular complexity index is 787. The summed E-state index contributed by atoms with van der Waals surface area (Å²) in [6, 6.07) is 8.86. The molecule has 0 saturated carbocycles. The second kappa shape index (κ2) is 4.05. The van der Waals surface area contributed by atoms with Gasteiger partial charge in [-0.05, 0) is 4.90 Å². The van der Waals surface area contributed by atoms with Crippen molar-refractivity contribution in [1.82, 2.24) is 5.16 Å². The third kappa shape index (κ3) is 1.45. The van der Waals surface area contributed by atoms with Crippen molar-refractivity contribution in [3.05, 3.63) is 57.7 Å². The topological polar surface area (TPSA) is 125 Å². The van der Waals surface area contributed by atoms with E-state index < -0.39 is 11.3 Å². The van der Waals surface area contributed by atoms with Gasteiger partial charge in [-0.25, -0.2) is 0 Å². The fourth-order valence-electron chi connectivity index (χ4n) is 3.47. The summed E-state index contributed by atoms with van der Waals surface area (Å²) in [5, 5.41) is 38.9. The zero-order valence-electron chi connectivity index (χ0n) is 11.6. The Labute approximate surface area is 125 Å². The number of fused-ring (bicyclic) bond motifs is 3. The minimum atomic E-state index is -1.67. The number of aliphatic hydroxyl groups is 1. The van der Waals surface area contributed by atoms with E-state index in [1.807, 2.05) is 6.07 Å². The molecule has 8 heteroatoms. The molecule has 0 radical (unpaired) electrons. The fraction of sp³-hybridized carbons (Fsp3) is 0.357. The van der Waals surface area contributed by atoms with Crippen LogP contribution in [0.5, 0.6) is 0 Å². The summed E-state index contributed by atoms with van der Waals surface area (Å²) >= 11 is 0. The first-order valence-electron chi connectivity index (χ1n) is 6.96. The van der Waals surface area contributed by atoms with Gasteiger partial charge >= 0.3 is 0 Å². The van der Waals surface area contributed by atoms with Crippen LogP contribution in [0.15, 0.2) is 35.0 Å². The van der Waals surface area contributed by atoms with E-state index in [-0.39, 0.29) is 41.3 Å². The molecular weight excluding hydrogens is 288 g/mol. The van der Waals surface area contributed by atoms with Gasteiger partial charge in [0.25, 0.3) is 11.4 Å². The number of hydrogen-bond donors (Lipinski definition) is 2. The SMILES string of the molecule is N[C@]1(c2ccccc2)C[C@@]2(O)C(=[N+]1[O-])CCc1c2no[n+]1[O-]. The van der Waals surface area contributed by atoms with Crippen LogP contribution in [-0.4, -0.2) is 20.7 Å². The van der Waals surface area contributed by atoms with Crippen LogP contribution in [0.25, 0.3) is 0 Å². The summed E-state index contributed by atoms with van der Waals surface area (Å²) in [5.41, 5.74) is 4.41. The quantitative estimate of drug-likeness (QED) is 0.546. The minimum absolute atomic E-state index is 0.0810.